The van der Waals surface area contributed by atoms with Crippen LogP contribution in [0.3, 0.4) is 0 Å². The molecule has 0 radical (unpaired) electrons. The van der Waals surface area contributed by atoms with Crippen molar-refractivity contribution in [3.05, 3.63) is 29.6 Å². The Kier molecular flexibility index (Phi) is 5.79. The van der Waals surface area contributed by atoms with E-state index in [0.29, 0.717) is 24.2 Å². The van der Waals surface area contributed by atoms with Crippen molar-refractivity contribution in [2.75, 3.05) is 11.9 Å². The zero-order chi connectivity index (χ0) is 13.7. The van der Waals surface area contributed by atoms with Gasteiger partial charge in [0.1, 0.15) is 11.6 Å². The number of rotatable bonds is 6. The van der Waals surface area contributed by atoms with E-state index in [1.807, 2.05) is 0 Å². The first-order chi connectivity index (χ1) is 8.45. The third-order valence-corrected chi connectivity index (χ3v) is 3.76. The average molecular weight is 317 g/mol. The molecule has 0 aliphatic heterocycles. The molecule has 0 heterocycles. The van der Waals surface area contributed by atoms with Crippen LogP contribution in [0.1, 0.15) is 31.1 Å². The first-order valence-electron chi connectivity index (χ1n) is 5.95. The van der Waals surface area contributed by atoms with Crippen molar-refractivity contribution in [1.82, 2.24) is 0 Å². The van der Waals surface area contributed by atoms with E-state index >= 15 is 0 Å². The van der Waals surface area contributed by atoms with Gasteiger partial charge < -0.3 is 4.74 Å². The fraction of sp³-hybridized carbons (Fsp3) is 0.500. The summed E-state index contributed by atoms with van der Waals surface area (Å²) < 4.78 is 19.1. The standard InChI is InChI=1S/C14H18BrFO2/c1-9(2)11(7-15)8-18-12-4-5-13(10(3)17)14(16)6-12/h4-6,9,11H,7-8H2,1-3H3. The third kappa shape index (κ3) is 4.09. The van der Waals surface area contributed by atoms with Crippen molar-refractivity contribution in [3.8, 4) is 5.75 Å². The molecule has 1 aromatic carbocycles. The number of benzene rings is 1. The van der Waals surface area contributed by atoms with Gasteiger partial charge >= 0.3 is 0 Å². The van der Waals surface area contributed by atoms with E-state index in [0.717, 1.165) is 5.33 Å². The molecule has 4 heteroatoms. The van der Waals surface area contributed by atoms with Gasteiger partial charge in [0.05, 0.1) is 12.2 Å². The smallest absolute Gasteiger partial charge is 0.162 e. The number of carbonyl (C=O) groups is 1. The number of ketones is 1. The molecule has 1 aromatic rings. The number of halogens is 2. The number of carbonyl (C=O) groups excluding carboxylic acids is 1. The van der Waals surface area contributed by atoms with Gasteiger partial charge in [0, 0.05) is 17.3 Å². The number of ether oxygens (including phenoxy) is 1. The van der Waals surface area contributed by atoms with E-state index in [4.69, 9.17) is 4.74 Å². The maximum atomic E-state index is 13.6. The predicted octanol–water partition coefficient (Wildman–Crippen LogP) is 4.07. The topological polar surface area (TPSA) is 26.3 Å². The van der Waals surface area contributed by atoms with Crippen LogP contribution in [0.4, 0.5) is 4.39 Å². The molecule has 1 unspecified atom stereocenters. The molecule has 18 heavy (non-hydrogen) atoms. The minimum absolute atomic E-state index is 0.100. The Morgan fingerprint density at radius 2 is 2.11 bits per heavy atom. The Hall–Kier alpha value is -0.900. The predicted molar refractivity (Wildman–Crippen MR) is 74.0 cm³/mol. The Balaban J connectivity index is 2.69. The first-order valence-corrected chi connectivity index (χ1v) is 7.07. The van der Waals surface area contributed by atoms with Crippen LogP contribution >= 0.6 is 15.9 Å². The number of hydrogen-bond acceptors (Lipinski definition) is 2. The van der Waals surface area contributed by atoms with E-state index in [9.17, 15) is 9.18 Å². The lowest BCUT2D eigenvalue weighted by molar-refractivity contribution is 0.101. The van der Waals surface area contributed by atoms with E-state index in [1.54, 1.807) is 6.07 Å². The summed E-state index contributed by atoms with van der Waals surface area (Å²) in [7, 11) is 0. The Morgan fingerprint density at radius 3 is 2.56 bits per heavy atom. The van der Waals surface area contributed by atoms with Crippen LogP contribution in [0.25, 0.3) is 0 Å². The van der Waals surface area contributed by atoms with Crippen molar-refractivity contribution >= 4 is 21.7 Å². The van der Waals surface area contributed by atoms with Crippen LogP contribution in [0.15, 0.2) is 18.2 Å². The van der Waals surface area contributed by atoms with Gasteiger partial charge in [0.25, 0.3) is 0 Å². The van der Waals surface area contributed by atoms with Crippen LogP contribution in [0.2, 0.25) is 0 Å². The highest BCUT2D eigenvalue weighted by Crippen LogP contribution is 2.20. The molecular formula is C14H18BrFO2. The zero-order valence-corrected chi connectivity index (χ0v) is 12.5. The number of hydrogen-bond donors (Lipinski definition) is 0. The molecule has 0 saturated heterocycles. The van der Waals surface area contributed by atoms with Gasteiger partial charge in [-0.1, -0.05) is 29.8 Å². The zero-order valence-electron chi connectivity index (χ0n) is 10.9. The second-order valence-electron chi connectivity index (χ2n) is 4.67. The normalized spacial score (nSPS) is 12.6. The van der Waals surface area contributed by atoms with Crippen LogP contribution in [0, 0.1) is 17.7 Å². The summed E-state index contributed by atoms with van der Waals surface area (Å²) in [5.41, 5.74) is 0.100. The van der Waals surface area contributed by atoms with Crippen LogP contribution < -0.4 is 4.74 Å². The van der Waals surface area contributed by atoms with Crippen molar-refractivity contribution in [2.45, 2.75) is 20.8 Å². The lowest BCUT2D eigenvalue weighted by Crippen LogP contribution is -2.19. The highest BCUT2D eigenvalue weighted by molar-refractivity contribution is 9.09. The molecular weight excluding hydrogens is 299 g/mol. The Bertz CT molecular complexity index is 418. The summed E-state index contributed by atoms with van der Waals surface area (Å²) in [4.78, 5) is 11.1. The van der Waals surface area contributed by atoms with E-state index in [-0.39, 0.29) is 11.3 Å². The second-order valence-corrected chi connectivity index (χ2v) is 5.31. The lowest BCUT2D eigenvalue weighted by Gasteiger charge is -2.18. The highest BCUT2D eigenvalue weighted by Gasteiger charge is 2.14. The Morgan fingerprint density at radius 1 is 1.44 bits per heavy atom. The van der Waals surface area contributed by atoms with Crippen LogP contribution in [-0.4, -0.2) is 17.7 Å². The summed E-state index contributed by atoms with van der Waals surface area (Å²) >= 11 is 3.44. The maximum absolute atomic E-state index is 13.6. The fourth-order valence-corrected chi connectivity index (χ4v) is 2.42. The summed E-state index contributed by atoms with van der Waals surface area (Å²) in [6.45, 7) is 6.11. The van der Waals surface area contributed by atoms with Crippen molar-refractivity contribution in [3.63, 3.8) is 0 Å². The molecule has 0 aromatic heterocycles. The SMILES string of the molecule is CC(=O)c1ccc(OCC(CBr)C(C)C)cc1F. The van der Waals surface area contributed by atoms with Crippen molar-refractivity contribution < 1.29 is 13.9 Å². The highest BCUT2D eigenvalue weighted by atomic mass is 79.9. The average Bonchev–Trinajstić information content (AvgIpc) is 2.28. The summed E-state index contributed by atoms with van der Waals surface area (Å²) in [6.07, 6.45) is 0. The first kappa shape index (κ1) is 15.2. The quantitative estimate of drug-likeness (QED) is 0.584. The molecule has 0 bridgehead atoms. The molecule has 0 aliphatic rings. The summed E-state index contributed by atoms with van der Waals surface area (Å²) in [6, 6.07) is 4.36. The van der Waals surface area contributed by atoms with Gasteiger partial charge in [-0.25, -0.2) is 4.39 Å². The summed E-state index contributed by atoms with van der Waals surface area (Å²) in [5.74, 6) is 0.523. The maximum Gasteiger partial charge on any atom is 0.162 e. The van der Waals surface area contributed by atoms with Gasteiger partial charge in [-0.15, -0.1) is 0 Å². The second kappa shape index (κ2) is 6.88. The van der Waals surface area contributed by atoms with Gasteiger partial charge in [-0.05, 0) is 25.0 Å². The van der Waals surface area contributed by atoms with Gasteiger partial charge in [-0.2, -0.15) is 0 Å². The van der Waals surface area contributed by atoms with E-state index in [1.165, 1.54) is 19.1 Å². The number of alkyl halides is 1. The molecule has 0 fully saturated rings. The van der Waals surface area contributed by atoms with Gasteiger partial charge in [-0.3, -0.25) is 4.79 Å². The lowest BCUT2D eigenvalue weighted by atomic mass is 9.99. The minimum Gasteiger partial charge on any atom is -0.493 e. The molecule has 100 valence electrons. The van der Waals surface area contributed by atoms with Crippen molar-refractivity contribution in [2.24, 2.45) is 11.8 Å². The molecule has 0 amide bonds. The molecule has 0 N–H and O–H groups in total. The monoisotopic (exact) mass is 316 g/mol. The molecule has 1 atom stereocenters. The molecule has 0 spiro atoms. The van der Waals surface area contributed by atoms with Crippen LogP contribution in [-0.2, 0) is 0 Å². The molecule has 2 nitrogen and oxygen atoms in total. The fourth-order valence-electron chi connectivity index (χ4n) is 1.49. The van der Waals surface area contributed by atoms with E-state index in [2.05, 4.69) is 29.8 Å². The largest absolute Gasteiger partial charge is 0.493 e. The van der Waals surface area contributed by atoms with Crippen LogP contribution in [0.5, 0.6) is 5.75 Å². The molecule has 0 saturated carbocycles. The Labute approximate surface area is 116 Å². The molecule has 1 rings (SSSR count). The molecule has 0 aliphatic carbocycles. The van der Waals surface area contributed by atoms with Crippen molar-refractivity contribution in [1.29, 1.82) is 0 Å². The number of Topliss-reactive ketones (excluding diaryl/α,β-unsaturated/α-hetero) is 1. The summed E-state index contributed by atoms with van der Waals surface area (Å²) in [5, 5.41) is 0.846. The van der Waals surface area contributed by atoms with Gasteiger partial charge in [0.2, 0.25) is 0 Å². The third-order valence-electron chi connectivity index (χ3n) is 2.92. The van der Waals surface area contributed by atoms with E-state index < -0.39 is 5.82 Å². The minimum atomic E-state index is -0.528. The van der Waals surface area contributed by atoms with Gasteiger partial charge in [0.15, 0.2) is 5.78 Å².